The number of amides is 1. The lowest BCUT2D eigenvalue weighted by Crippen LogP contribution is -2.17. The number of aliphatic hydroxyl groups is 1. The molecule has 1 unspecified atom stereocenters. The number of aromatic nitrogens is 2. The number of ether oxygens (including phenoxy) is 1. The van der Waals surface area contributed by atoms with Gasteiger partial charge in [0, 0.05) is 13.0 Å². The van der Waals surface area contributed by atoms with Gasteiger partial charge in [-0.25, -0.2) is 9.78 Å². The van der Waals surface area contributed by atoms with E-state index in [2.05, 4.69) is 10.3 Å². The van der Waals surface area contributed by atoms with Gasteiger partial charge in [-0.05, 0) is 12.1 Å². The summed E-state index contributed by atoms with van der Waals surface area (Å²) in [6, 6.07) is 7.75. The molecular weight excluding hydrogens is 246 g/mol. The van der Waals surface area contributed by atoms with Crippen LogP contribution in [0.25, 0.3) is 11.0 Å². The predicted octanol–water partition coefficient (Wildman–Crippen LogP) is 1.03. The third kappa shape index (κ3) is 2.26. The van der Waals surface area contributed by atoms with E-state index >= 15 is 0 Å². The van der Waals surface area contributed by atoms with Gasteiger partial charge >= 0.3 is 6.09 Å². The van der Waals surface area contributed by atoms with Gasteiger partial charge in [-0.3, -0.25) is 0 Å². The Morgan fingerprint density at radius 2 is 2.32 bits per heavy atom. The molecule has 0 radical (unpaired) electrons. The number of benzene rings is 1. The van der Waals surface area contributed by atoms with Crippen LogP contribution in [0.2, 0.25) is 0 Å². The van der Waals surface area contributed by atoms with Gasteiger partial charge in [0.1, 0.15) is 18.5 Å². The smallest absolute Gasteiger partial charge is 0.407 e. The molecule has 0 bridgehead atoms. The predicted molar refractivity (Wildman–Crippen MR) is 68.5 cm³/mol. The minimum atomic E-state index is -0.358. The zero-order valence-corrected chi connectivity index (χ0v) is 10.4. The lowest BCUT2D eigenvalue weighted by molar-refractivity contribution is 0.133. The van der Waals surface area contributed by atoms with Gasteiger partial charge in [0.2, 0.25) is 0 Å². The number of aliphatic hydroxyl groups excluding tert-OH is 1. The summed E-state index contributed by atoms with van der Waals surface area (Å²) in [7, 11) is 0. The van der Waals surface area contributed by atoms with Crippen LogP contribution in [0.1, 0.15) is 12.2 Å². The van der Waals surface area contributed by atoms with Gasteiger partial charge in [-0.15, -0.1) is 0 Å². The highest BCUT2D eigenvalue weighted by molar-refractivity contribution is 5.75. The molecule has 1 saturated heterocycles. The molecule has 2 aromatic rings. The first-order valence-electron chi connectivity index (χ1n) is 6.27. The molecule has 1 fully saturated rings. The fraction of sp³-hybridized carbons (Fsp3) is 0.385. The maximum absolute atomic E-state index is 11.0. The van der Waals surface area contributed by atoms with E-state index in [1.807, 2.05) is 28.8 Å². The molecule has 1 aliphatic rings. The third-order valence-electron chi connectivity index (χ3n) is 3.30. The van der Waals surface area contributed by atoms with E-state index in [0.29, 0.717) is 25.3 Å². The number of carbonyl (C=O) groups is 1. The molecule has 2 heterocycles. The van der Waals surface area contributed by atoms with Gasteiger partial charge in [0.05, 0.1) is 17.6 Å². The van der Waals surface area contributed by atoms with Crippen LogP contribution in [0.3, 0.4) is 0 Å². The first kappa shape index (κ1) is 12.0. The summed E-state index contributed by atoms with van der Waals surface area (Å²) >= 11 is 0. The number of para-hydroxylation sites is 2. The second kappa shape index (κ2) is 4.89. The number of cyclic esters (lactones) is 1. The number of aryl methyl sites for hydroxylation is 1. The molecule has 6 heteroatoms. The summed E-state index contributed by atoms with van der Waals surface area (Å²) in [4.78, 5) is 15.3. The Balaban J connectivity index is 1.81. The Bertz CT molecular complexity index is 608. The summed E-state index contributed by atoms with van der Waals surface area (Å²) in [6.45, 7) is 1.10. The van der Waals surface area contributed by atoms with Crippen molar-refractivity contribution in [2.24, 2.45) is 0 Å². The molecule has 1 aliphatic heterocycles. The molecule has 100 valence electrons. The molecule has 3 rings (SSSR count). The topological polar surface area (TPSA) is 76.4 Å². The van der Waals surface area contributed by atoms with Gasteiger partial charge in [-0.2, -0.15) is 0 Å². The summed E-state index contributed by atoms with van der Waals surface area (Å²) < 4.78 is 7.07. The SMILES string of the molecule is O=C1NCC(CCn2c(CO)nc3ccccc32)O1. The fourth-order valence-electron chi connectivity index (χ4n) is 2.36. The molecular formula is C13H15N3O3. The molecule has 6 nitrogen and oxygen atoms in total. The van der Waals surface area contributed by atoms with Gasteiger partial charge in [0.15, 0.2) is 0 Å². The van der Waals surface area contributed by atoms with Crippen LogP contribution in [-0.2, 0) is 17.9 Å². The van der Waals surface area contributed by atoms with E-state index in [4.69, 9.17) is 4.74 Å². The average molecular weight is 261 g/mol. The maximum atomic E-state index is 11.0. The van der Waals surface area contributed by atoms with Gasteiger partial charge in [0.25, 0.3) is 0 Å². The highest BCUT2D eigenvalue weighted by Crippen LogP contribution is 2.18. The van der Waals surface area contributed by atoms with Crippen molar-refractivity contribution in [2.45, 2.75) is 25.7 Å². The van der Waals surface area contributed by atoms with Crippen LogP contribution in [0, 0.1) is 0 Å². The van der Waals surface area contributed by atoms with E-state index in [9.17, 15) is 9.90 Å². The number of nitrogens with zero attached hydrogens (tertiary/aromatic N) is 2. The lowest BCUT2D eigenvalue weighted by Gasteiger charge is -2.11. The molecule has 2 N–H and O–H groups in total. The van der Waals surface area contributed by atoms with Crippen molar-refractivity contribution in [3.05, 3.63) is 30.1 Å². The normalized spacial score (nSPS) is 18.6. The number of alkyl carbamates (subject to hydrolysis) is 1. The molecule has 1 aromatic carbocycles. The van der Waals surface area contributed by atoms with Crippen LogP contribution in [0.4, 0.5) is 4.79 Å². The van der Waals surface area contributed by atoms with E-state index in [1.54, 1.807) is 0 Å². The third-order valence-corrected chi connectivity index (χ3v) is 3.30. The van der Waals surface area contributed by atoms with Crippen molar-refractivity contribution >= 4 is 17.1 Å². The van der Waals surface area contributed by atoms with Crippen LogP contribution in [-0.4, -0.2) is 33.4 Å². The average Bonchev–Trinajstić information content (AvgIpc) is 2.99. The standard InChI is InChI=1S/C13H15N3O3/c17-8-12-15-10-3-1-2-4-11(10)16(12)6-5-9-7-14-13(18)19-9/h1-4,9,17H,5-8H2,(H,14,18). The Morgan fingerprint density at radius 1 is 1.47 bits per heavy atom. The van der Waals surface area contributed by atoms with Crippen molar-refractivity contribution in [1.82, 2.24) is 14.9 Å². The van der Waals surface area contributed by atoms with Gasteiger partial charge < -0.3 is 19.7 Å². The molecule has 0 aliphatic carbocycles. The summed E-state index contributed by atoms with van der Waals surface area (Å²) in [5, 5.41) is 12.0. The van der Waals surface area contributed by atoms with E-state index in [-0.39, 0.29) is 18.8 Å². The lowest BCUT2D eigenvalue weighted by atomic mass is 10.2. The van der Waals surface area contributed by atoms with E-state index < -0.39 is 0 Å². The quantitative estimate of drug-likeness (QED) is 0.861. The van der Waals surface area contributed by atoms with Crippen molar-refractivity contribution in [3.63, 3.8) is 0 Å². The molecule has 1 amide bonds. The highest BCUT2D eigenvalue weighted by Gasteiger charge is 2.22. The largest absolute Gasteiger partial charge is 0.444 e. The first-order chi connectivity index (χ1) is 9.28. The Morgan fingerprint density at radius 3 is 3.05 bits per heavy atom. The second-order valence-electron chi connectivity index (χ2n) is 4.52. The minimum Gasteiger partial charge on any atom is -0.444 e. The van der Waals surface area contributed by atoms with Crippen LogP contribution >= 0.6 is 0 Å². The zero-order chi connectivity index (χ0) is 13.2. The monoisotopic (exact) mass is 261 g/mol. The fourth-order valence-corrected chi connectivity index (χ4v) is 2.36. The molecule has 0 spiro atoms. The molecule has 0 saturated carbocycles. The van der Waals surface area contributed by atoms with Crippen molar-refractivity contribution < 1.29 is 14.6 Å². The number of imidazole rings is 1. The number of carbonyl (C=O) groups excluding carboxylic acids is 1. The number of hydrogen-bond donors (Lipinski definition) is 2. The van der Waals surface area contributed by atoms with Crippen molar-refractivity contribution in [1.29, 1.82) is 0 Å². The Labute approximate surface area is 110 Å². The minimum absolute atomic E-state index is 0.0998. The number of fused-ring (bicyclic) bond motifs is 1. The maximum Gasteiger partial charge on any atom is 0.407 e. The number of rotatable bonds is 4. The summed E-state index contributed by atoms with van der Waals surface area (Å²) in [6.07, 6.45) is 0.231. The van der Waals surface area contributed by atoms with Crippen molar-refractivity contribution in [3.8, 4) is 0 Å². The van der Waals surface area contributed by atoms with Crippen LogP contribution < -0.4 is 5.32 Å². The van der Waals surface area contributed by atoms with Crippen molar-refractivity contribution in [2.75, 3.05) is 6.54 Å². The second-order valence-corrected chi connectivity index (χ2v) is 4.52. The van der Waals surface area contributed by atoms with E-state index in [0.717, 1.165) is 11.0 Å². The Hall–Kier alpha value is -2.08. The van der Waals surface area contributed by atoms with Crippen LogP contribution in [0.15, 0.2) is 24.3 Å². The number of nitrogens with one attached hydrogen (secondary N) is 1. The Kier molecular flexibility index (Phi) is 3.08. The zero-order valence-electron chi connectivity index (χ0n) is 10.4. The molecule has 1 aromatic heterocycles. The molecule has 19 heavy (non-hydrogen) atoms. The molecule has 1 atom stereocenters. The summed E-state index contributed by atoms with van der Waals surface area (Å²) in [5.41, 5.74) is 1.86. The first-order valence-corrected chi connectivity index (χ1v) is 6.27. The summed E-state index contributed by atoms with van der Waals surface area (Å²) in [5.74, 6) is 0.637. The van der Waals surface area contributed by atoms with Gasteiger partial charge in [-0.1, -0.05) is 12.1 Å². The highest BCUT2D eigenvalue weighted by atomic mass is 16.6. The number of hydrogen-bond acceptors (Lipinski definition) is 4. The van der Waals surface area contributed by atoms with E-state index in [1.165, 1.54) is 0 Å². The van der Waals surface area contributed by atoms with Crippen LogP contribution in [0.5, 0.6) is 0 Å².